The van der Waals surface area contributed by atoms with Gasteiger partial charge in [0.1, 0.15) is 11.8 Å². The van der Waals surface area contributed by atoms with Gasteiger partial charge in [0.15, 0.2) is 5.11 Å². The molecule has 7 heteroatoms. The zero-order chi connectivity index (χ0) is 22.2. The molecule has 2 atom stereocenters. The fraction of sp³-hybridized carbons (Fsp3) is 0.120. The molecular weight excluding hydrogens is 440 g/mol. The Kier molecular flexibility index (Phi) is 5.33. The maximum absolute atomic E-state index is 10.6. The second-order valence-corrected chi connectivity index (χ2v) is 8.52. The molecule has 5 rings (SSSR count). The predicted molar refractivity (Wildman–Crippen MR) is 132 cm³/mol. The fourth-order valence-electron chi connectivity index (χ4n) is 4.23. The number of rotatable bonds is 4. The molecule has 0 radical (unpaired) electrons. The summed E-state index contributed by atoms with van der Waals surface area (Å²) in [4.78, 5) is 6.57. The van der Waals surface area contributed by atoms with Crippen LogP contribution in [0.2, 0.25) is 5.02 Å². The van der Waals surface area contributed by atoms with E-state index in [1.807, 2.05) is 66.6 Å². The monoisotopic (exact) mass is 460 g/mol. The lowest BCUT2D eigenvalue weighted by atomic mass is 10.0. The highest BCUT2D eigenvalue weighted by molar-refractivity contribution is 7.80. The van der Waals surface area contributed by atoms with E-state index in [9.17, 15) is 5.11 Å². The summed E-state index contributed by atoms with van der Waals surface area (Å²) < 4.78 is 2.13. The van der Waals surface area contributed by atoms with E-state index in [2.05, 4.69) is 27.0 Å². The second-order valence-electron chi connectivity index (χ2n) is 7.72. The molecule has 1 aliphatic heterocycles. The lowest BCUT2D eigenvalue weighted by Crippen LogP contribution is -2.30. The Morgan fingerprint density at radius 3 is 2.59 bits per heavy atom. The molecule has 0 amide bonds. The minimum absolute atomic E-state index is 0.170. The summed E-state index contributed by atoms with van der Waals surface area (Å²) in [5.41, 5.74) is 4.54. The molecule has 32 heavy (non-hydrogen) atoms. The molecule has 1 saturated heterocycles. The van der Waals surface area contributed by atoms with E-state index in [0.717, 1.165) is 27.7 Å². The van der Waals surface area contributed by atoms with E-state index in [1.54, 1.807) is 18.3 Å². The molecule has 2 aromatic heterocycles. The Labute approximate surface area is 196 Å². The number of phenolic OH excluding ortho intramolecular Hbond substituents is 1. The van der Waals surface area contributed by atoms with Crippen LogP contribution in [0.25, 0.3) is 5.69 Å². The molecule has 5 nitrogen and oxygen atoms in total. The number of phenols is 1. The summed E-state index contributed by atoms with van der Waals surface area (Å²) in [6, 6.07) is 22.7. The molecule has 160 valence electrons. The zero-order valence-corrected chi connectivity index (χ0v) is 18.9. The van der Waals surface area contributed by atoms with Gasteiger partial charge in [0.05, 0.1) is 17.4 Å². The van der Waals surface area contributed by atoms with Crippen molar-refractivity contribution in [3.63, 3.8) is 0 Å². The number of para-hydroxylation sites is 2. The second kappa shape index (κ2) is 8.30. The fourth-order valence-corrected chi connectivity index (χ4v) is 4.69. The molecule has 2 N–H and O–H groups in total. The van der Waals surface area contributed by atoms with E-state index in [1.165, 1.54) is 0 Å². The van der Waals surface area contributed by atoms with Gasteiger partial charge in [-0.15, -0.1) is 0 Å². The van der Waals surface area contributed by atoms with Gasteiger partial charge in [-0.05, 0) is 79.3 Å². The number of thiocarbonyl (C=S) groups is 1. The average molecular weight is 461 g/mol. The maximum atomic E-state index is 10.6. The topological polar surface area (TPSA) is 53.3 Å². The quantitative estimate of drug-likeness (QED) is 0.381. The molecule has 0 bridgehead atoms. The molecule has 1 aliphatic rings. The van der Waals surface area contributed by atoms with Crippen molar-refractivity contribution in [3.05, 3.63) is 107 Å². The molecule has 0 unspecified atom stereocenters. The third kappa shape index (κ3) is 3.51. The highest BCUT2D eigenvalue weighted by atomic mass is 35.5. The lowest BCUT2D eigenvalue weighted by Gasteiger charge is -2.29. The van der Waals surface area contributed by atoms with Gasteiger partial charge in [-0.1, -0.05) is 29.8 Å². The van der Waals surface area contributed by atoms with Gasteiger partial charge >= 0.3 is 0 Å². The van der Waals surface area contributed by atoms with Crippen LogP contribution < -0.4 is 10.2 Å². The van der Waals surface area contributed by atoms with Gasteiger partial charge in [-0.2, -0.15) is 0 Å². The Balaban J connectivity index is 1.69. The Morgan fingerprint density at radius 2 is 1.84 bits per heavy atom. The van der Waals surface area contributed by atoms with Crippen molar-refractivity contribution in [1.82, 2.24) is 14.9 Å². The first kappa shape index (κ1) is 20.5. The summed E-state index contributed by atoms with van der Waals surface area (Å²) in [6.45, 7) is 1.99. The number of benzene rings is 2. The SMILES string of the molecule is Cc1cc(-n2cccc2[C@H]2[C@@H](c3ccccn3)NC(=S)N2c2ccccc2O)ccc1Cl. The number of anilines is 1. The molecule has 4 aromatic rings. The average Bonchev–Trinajstić information content (AvgIpc) is 3.41. The van der Waals surface area contributed by atoms with Gasteiger partial charge in [-0.25, -0.2) is 0 Å². The first-order valence-electron chi connectivity index (χ1n) is 10.3. The van der Waals surface area contributed by atoms with Crippen LogP contribution in [0.3, 0.4) is 0 Å². The molecule has 1 fully saturated rings. The van der Waals surface area contributed by atoms with Crippen LogP contribution in [0.4, 0.5) is 5.69 Å². The normalized spacial score (nSPS) is 18.1. The summed E-state index contributed by atoms with van der Waals surface area (Å²) in [6.07, 6.45) is 3.80. The lowest BCUT2D eigenvalue weighted by molar-refractivity contribution is 0.472. The number of pyridine rings is 1. The van der Waals surface area contributed by atoms with Crippen molar-refractivity contribution in [2.45, 2.75) is 19.0 Å². The van der Waals surface area contributed by atoms with Crippen molar-refractivity contribution in [3.8, 4) is 11.4 Å². The number of aromatic hydroxyl groups is 1. The van der Waals surface area contributed by atoms with E-state index in [4.69, 9.17) is 23.8 Å². The van der Waals surface area contributed by atoms with Crippen molar-refractivity contribution < 1.29 is 5.11 Å². The van der Waals surface area contributed by atoms with Crippen molar-refractivity contribution in [2.75, 3.05) is 4.90 Å². The van der Waals surface area contributed by atoms with Crippen LogP contribution in [0.15, 0.2) is 85.2 Å². The smallest absolute Gasteiger partial charge is 0.174 e. The highest BCUT2D eigenvalue weighted by Crippen LogP contribution is 2.44. The molecular formula is C25H21ClN4OS. The Bertz CT molecular complexity index is 1290. The summed E-state index contributed by atoms with van der Waals surface area (Å²) in [7, 11) is 0. The standard InChI is InChI=1S/C25H21ClN4OS/c1-16-15-17(11-12-18(16)26)29-14-6-9-21(29)24-23(19-7-4-5-13-27-19)28-25(32)30(24)20-8-2-3-10-22(20)31/h2-15,23-24,31H,1H3,(H,28,32)/t23-,24+/m1/s1. The molecule has 2 aromatic carbocycles. The van der Waals surface area contributed by atoms with Gasteiger partial charge in [0, 0.05) is 28.8 Å². The Morgan fingerprint density at radius 1 is 1.03 bits per heavy atom. The van der Waals surface area contributed by atoms with Crippen LogP contribution in [-0.2, 0) is 0 Å². The Hall–Kier alpha value is -3.35. The van der Waals surface area contributed by atoms with E-state index < -0.39 is 0 Å². The number of aromatic nitrogens is 2. The van der Waals surface area contributed by atoms with Gasteiger partial charge in [0.25, 0.3) is 0 Å². The van der Waals surface area contributed by atoms with Crippen LogP contribution in [0.5, 0.6) is 5.75 Å². The summed E-state index contributed by atoms with van der Waals surface area (Å²) in [5, 5.41) is 15.3. The largest absolute Gasteiger partial charge is 0.506 e. The van der Waals surface area contributed by atoms with E-state index in [0.29, 0.717) is 10.8 Å². The van der Waals surface area contributed by atoms with Crippen LogP contribution in [0.1, 0.15) is 29.0 Å². The van der Waals surface area contributed by atoms with Gasteiger partial charge in [0.2, 0.25) is 0 Å². The number of hydrogen-bond acceptors (Lipinski definition) is 3. The van der Waals surface area contributed by atoms with Crippen molar-refractivity contribution >= 4 is 34.6 Å². The first-order valence-corrected chi connectivity index (χ1v) is 11.1. The number of halogens is 1. The molecule has 0 spiro atoms. The number of nitrogens with one attached hydrogen (secondary N) is 1. The van der Waals surface area contributed by atoms with E-state index in [-0.39, 0.29) is 17.8 Å². The van der Waals surface area contributed by atoms with Crippen molar-refractivity contribution in [1.29, 1.82) is 0 Å². The van der Waals surface area contributed by atoms with Crippen molar-refractivity contribution in [2.24, 2.45) is 0 Å². The van der Waals surface area contributed by atoms with Crippen LogP contribution in [-0.4, -0.2) is 19.8 Å². The number of aryl methyl sites for hydroxylation is 1. The summed E-state index contributed by atoms with van der Waals surface area (Å²) in [5.74, 6) is 0.170. The van der Waals surface area contributed by atoms with Crippen LogP contribution >= 0.6 is 23.8 Å². The first-order chi connectivity index (χ1) is 15.5. The molecule has 0 aliphatic carbocycles. The zero-order valence-electron chi connectivity index (χ0n) is 17.3. The maximum Gasteiger partial charge on any atom is 0.174 e. The minimum Gasteiger partial charge on any atom is -0.506 e. The third-order valence-electron chi connectivity index (χ3n) is 5.74. The third-order valence-corrected chi connectivity index (χ3v) is 6.48. The molecule has 3 heterocycles. The predicted octanol–water partition coefficient (Wildman–Crippen LogP) is 5.72. The molecule has 0 saturated carbocycles. The highest BCUT2D eigenvalue weighted by Gasteiger charge is 2.42. The minimum atomic E-state index is -0.239. The number of hydrogen-bond donors (Lipinski definition) is 2. The summed E-state index contributed by atoms with van der Waals surface area (Å²) >= 11 is 12.0. The van der Waals surface area contributed by atoms with Crippen LogP contribution in [0, 0.1) is 6.92 Å². The van der Waals surface area contributed by atoms with E-state index >= 15 is 0 Å². The van der Waals surface area contributed by atoms with Gasteiger partial charge in [-0.3, -0.25) is 4.98 Å². The van der Waals surface area contributed by atoms with Gasteiger partial charge < -0.3 is 19.9 Å². The number of nitrogens with zero attached hydrogens (tertiary/aromatic N) is 3.